The van der Waals surface area contributed by atoms with Gasteiger partial charge in [0.15, 0.2) is 0 Å². The molecule has 0 spiro atoms. The molecule has 1 aliphatic heterocycles. The highest BCUT2D eigenvalue weighted by Gasteiger charge is 2.32. The van der Waals surface area contributed by atoms with Crippen molar-refractivity contribution in [2.75, 3.05) is 13.1 Å². The van der Waals surface area contributed by atoms with Crippen LogP contribution in [0, 0.1) is 5.92 Å². The van der Waals surface area contributed by atoms with Crippen LogP contribution in [0.5, 0.6) is 0 Å². The summed E-state index contributed by atoms with van der Waals surface area (Å²) >= 11 is 0. The maximum absolute atomic E-state index is 12.8. The first-order valence-corrected chi connectivity index (χ1v) is 5.30. The van der Waals surface area contributed by atoms with Gasteiger partial charge in [-0.3, -0.25) is 4.90 Å². The van der Waals surface area contributed by atoms with Crippen LogP contribution in [0.15, 0.2) is 0 Å². The molecule has 2 nitrogen and oxygen atoms in total. The summed E-state index contributed by atoms with van der Waals surface area (Å²) in [7, 11) is 0. The molecule has 0 aliphatic carbocycles. The van der Waals surface area contributed by atoms with Crippen LogP contribution in [0.25, 0.3) is 0 Å². The molecule has 0 aromatic carbocycles. The van der Waals surface area contributed by atoms with E-state index in [1.807, 2.05) is 18.7 Å². The highest BCUT2D eigenvalue weighted by Crippen LogP contribution is 2.22. The smallest absolute Gasteiger partial charge is 0.254 e. The van der Waals surface area contributed by atoms with Gasteiger partial charge in [-0.2, -0.15) is 0 Å². The standard InChI is InChI=1S/C10H20F2N2/c1-7(2)9(10(11)12)14-5-3-8(13)4-6-14/h7-10H,3-6,13H2,1-2H3. The van der Waals surface area contributed by atoms with Gasteiger partial charge in [0.25, 0.3) is 6.43 Å². The molecule has 1 fully saturated rings. The summed E-state index contributed by atoms with van der Waals surface area (Å²) in [5.41, 5.74) is 5.74. The van der Waals surface area contributed by atoms with Gasteiger partial charge >= 0.3 is 0 Å². The number of piperidine rings is 1. The van der Waals surface area contributed by atoms with Crippen molar-refractivity contribution in [1.29, 1.82) is 0 Å². The molecule has 0 aromatic heterocycles. The Bertz CT molecular complexity index is 158. The zero-order valence-corrected chi connectivity index (χ0v) is 8.92. The van der Waals surface area contributed by atoms with Crippen LogP contribution in [-0.4, -0.2) is 36.5 Å². The first-order chi connectivity index (χ1) is 6.52. The van der Waals surface area contributed by atoms with Gasteiger partial charge in [0, 0.05) is 19.1 Å². The monoisotopic (exact) mass is 206 g/mol. The third kappa shape index (κ3) is 2.89. The van der Waals surface area contributed by atoms with Crippen LogP contribution in [0.3, 0.4) is 0 Å². The lowest BCUT2D eigenvalue weighted by molar-refractivity contribution is -0.00909. The van der Waals surface area contributed by atoms with E-state index in [-0.39, 0.29) is 12.0 Å². The van der Waals surface area contributed by atoms with E-state index in [0.29, 0.717) is 13.1 Å². The zero-order chi connectivity index (χ0) is 10.7. The third-order valence-corrected chi connectivity index (χ3v) is 2.94. The van der Waals surface area contributed by atoms with Crippen LogP contribution < -0.4 is 5.73 Å². The van der Waals surface area contributed by atoms with Crippen molar-refractivity contribution < 1.29 is 8.78 Å². The Morgan fingerprint density at radius 3 is 2.07 bits per heavy atom. The Morgan fingerprint density at radius 2 is 1.71 bits per heavy atom. The molecule has 84 valence electrons. The van der Waals surface area contributed by atoms with E-state index in [1.165, 1.54) is 0 Å². The van der Waals surface area contributed by atoms with Crippen LogP contribution in [0.1, 0.15) is 26.7 Å². The van der Waals surface area contributed by atoms with Gasteiger partial charge in [-0.05, 0) is 18.8 Å². The molecule has 0 bridgehead atoms. The van der Waals surface area contributed by atoms with Gasteiger partial charge in [0.05, 0.1) is 6.04 Å². The second kappa shape index (κ2) is 5.03. The van der Waals surface area contributed by atoms with Gasteiger partial charge < -0.3 is 5.73 Å². The van der Waals surface area contributed by atoms with Crippen molar-refractivity contribution in [3.63, 3.8) is 0 Å². The van der Waals surface area contributed by atoms with Crippen LogP contribution >= 0.6 is 0 Å². The molecular weight excluding hydrogens is 186 g/mol. The topological polar surface area (TPSA) is 29.3 Å². The second-order valence-corrected chi connectivity index (χ2v) is 4.44. The number of likely N-dealkylation sites (tertiary alicyclic amines) is 1. The number of nitrogens with two attached hydrogens (primary N) is 1. The first kappa shape index (κ1) is 11.9. The fourth-order valence-electron chi connectivity index (χ4n) is 2.09. The Labute approximate surface area is 84.4 Å². The normalized spacial score (nSPS) is 23.4. The first-order valence-electron chi connectivity index (χ1n) is 5.30. The summed E-state index contributed by atoms with van der Waals surface area (Å²) < 4.78 is 25.5. The molecule has 0 radical (unpaired) electrons. The molecule has 1 rings (SSSR count). The number of nitrogens with zero attached hydrogens (tertiary/aromatic N) is 1. The minimum Gasteiger partial charge on any atom is -0.328 e. The molecule has 1 saturated heterocycles. The fraction of sp³-hybridized carbons (Fsp3) is 1.00. The van der Waals surface area contributed by atoms with E-state index in [1.54, 1.807) is 0 Å². The molecule has 4 heteroatoms. The molecule has 0 amide bonds. The average molecular weight is 206 g/mol. The predicted octanol–water partition coefficient (Wildman–Crippen LogP) is 1.70. The van der Waals surface area contributed by atoms with Gasteiger partial charge in [-0.25, -0.2) is 8.78 Å². The Kier molecular flexibility index (Phi) is 4.26. The second-order valence-electron chi connectivity index (χ2n) is 4.44. The van der Waals surface area contributed by atoms with E-state index in [2.05, 4.69) is 0 Å². The Balaban J connectivity index is 2.52. The highest BCUT2D eigenvalue weighted by atomic mass is 19.3. The summed E-state index contributed by atoms with van der Waals surface area (Å²) in [6.07, 6.45) is -0.560. The minimum atomic E-state index is -2.25. The van der Waals surface area contributed by atoms with Crippen molar-refractivity contribution >= 4 is 0 Å². The van der Waals surface area contributed by atoms with Crippen LogP contribution in [0.2, 0.25) is 0 Å². The summed E-state index contributed by atoms with van der Waals surface area (Å²) in [5.74, 6) is 0.00400. The molecule has 14 heavy (non-hydrogen) atoms. The maximum Gasteiger partial charge on any atom is 0.254 e. The molecule has 1 aliphatic rings. The predicted molar refractivity (Wildman–Crippen MR) is 53.4 cm³/mol. The van der Waals surface area contributed by atoms with Crippen molar-refractivity contribution in [2.24, 2.45) is 11.7 Å². The van der Waals surface area contributed by atoms with E-state index in [4.69, 9.17) is 5.73 Å². The Hall–Kier alpha value is -0.220. The van der Waals surface area contributed by atoms with Crippen molar-refractivity contribution in [1.82, 2.24) is 4.90 Å². The van der Waals surface area contributed by atoms with E-state index < -0.39 is 12.5 Å². The lowest BCUT2D eigenvalue weighted by Crippen LogP contribution is -2.50. The summed E-state index contributed by atoms with van der Waals surface area (Å²) in [5, 5.41) is 0. The Morgan fingerprint density at radius 1 is 1.21 bits per heavy atom. The van der Waals surface area contributed by atoms with Crippen molar-refractivity contribution in [3.05, 3.63) is 0 Å². The quantitative estimate of drug-likeness (QED) is 0.761. The number of hydrogen-bond acceptors (Lipinski definition) is 2. The molecule has 0 saturated carbocycles. The number of alkyl halides is 2. The summed E-state index contributed by atoms with van der Waals surface area (Å²) in [4.78, 5) is 1.89. The molecule has 1 atom stereocenters. The van der Waals surface area contributed by atoms with Crippen molar-refractivity contribution in [3.8, 4) is 0 Å². The minimum absolute atomic E-state index is 0.00400. The lowest BCUT2D eigenvalue weighted by atomic mass is 9.98. The molecule has 1 heterocycles. The third-order valence-electron chi connectivity index (χ3n) is 2.94. The molecule has 1 unspecified atom stereocenters. The van der Waals surface area contributed by atoms with Gasteiger partial charge in [-0.1, -0.05) is 13.8 Å². The molecular formula is C10H20F2N2. The number of halogens is 2. The molecule has 0 aromatic rings. The summed E-state index contributed by atoms with van der Waals surface area (Å²) in [6.45, 7) is 5.14. The van der Waals surface area contributed by atoms with Gasteiger partial charge in [0.2, 0.25) is 0 Å². The summed E-state index contributed by atoms with van der Waals surface area (Å²) in [6, 6.07) is -0.390. The van der Waals surface area contributed by atoms with Crippen LogP contribution in [-0.2, 0) is 0 Å². The fourth-order valence-corrected chi connectivity index (χ4v) is 2.09. The number of rotatable bonds is 3. The molecule has 2 N–H and O–H groups in total. The largest absolute Gasteiger partial charge is 0.328 e. The highest BCUT2D eigenvalue weighted by molar-refractivity contribution is 4.82. The van der Waals surface area contributed by atoms with Crippen molar-refractivity contribution in [2.45, 2.75) is 45.2 Å². The van der Waals surface area contributed by atoms with E-state index >= 15 is 0 Å². The van der Waals surface area contributed by atoms with Gasteiger partial charge in [-0.15, -0.1) is 0 Å². The lowest BCUT2D eigenvalue weighted by Gasteiger charge is -2.38. The number of hydrogen-bond donors (Lipinski definition) is 1. The SMILES string of the molecule is CC(C)C(C(F)F)N1CCC(N)CC1. The van der Waals surface area contributed by atoms with E-state index in [0.717, 1.165) is 12.8 Å². The van der Waals surface area contributed by atoms with Gasteiger partial charge in [0.1, 0.15) is 0 Å². The van der Waals surface area contributed by atoms with E-state index in [9.17, 15) is 8.78 Å². The van der Waals surface area contributed by atoms with Crippen LogP contribution in [0.4, 0.5) is 8.78 Å². The maximum atomic E-state index is 12.8. The zero-order valence-electron chi connectivity index (χ0n) is 8.92. The average Bonchev–Trinajstić information content (AvgIpc) is 2.07.